The van der Waals surface area contributed by atoms with E-state index in [1.165, 1.54) is 0 Å². The fourth-order valence-corrected chi connectivity index (χ4v) is 3.54. The predicted molar refractivity (Wildman–Crippen MR) is 104 cm³/mol. The topological polar surface area (TPSA) is 89.1 Å². The molecular formula is C20H29N3O5. The largest absolute Gasteiger partial charge is 0.493 e. The number of methoxy groups -OCH3 is 3. The van der Waals surface area contributed by atoms with Crippen LogP contribution in [0, 0.1) is 0 Å². The summed E-state index contributed by atoms with van der Waals surface area (Å²) in [6.45, 7) is 3.17. The molecule has 8 nitrogen and oxygen atoms in total. The summed E-state index contributed by atoms with van der Waals surface area (Å²) in [6.07, 6.45) is 2.27. The first-order valence-electron chi connectivity index (χ1n) is 9.53. The van der Waals surface area contributed by atoms with Crippen molar-refractivity contribution < 1.29 is 23.8 Å². The third kappa shape index (κ3) is 4.32. The third-order valence-electron chi connectivity index (χ3n) is 5.71. The second-order valence-corrected chi connectivity index (χ2v) is 7.53. The van der Waals surface area contributed by atoms with Crippen LogP contribution in [0.15, 0.2) is 18.2 Å². The van der Waals surface area contributed by atoms with Crippen molar-refractivity contribution in [3.05, 3.63) is 23.8 Å². The van der Waals surface area contributed by atoms with Crippen LogP contribution in [0.1, 0.15) is 36.5 Å². The van der Waals surface area contributed by atoms with Gasteiger partial charge in [-0.3, -0.25) is 4.79 Å². The summed E-state index contributed by atoms with van der Waals surface area (Å²) in [5, 5.41) is 5.95. The van der Waals surface area contributed by atoms with Gasteiger partial charge in [0, 0.05) is 38.2 Å². The maximum absolute atomic E-state index is 12.8. The number of ether oxygens (including phenoxy) is 3. The molecule has 0 spiro atoms. The smallest absolute Gasteiger partial charge is 0.315 e. The van der Waals surface area contributed by atoms with Gasteiger partial charge >= 0.3 is 6.03 Å². The summed E-state index contributed by atoms with van der Waals surface area (Å²) in [5.74, 6) is 1.08. The Labute approximate surface area is 165 Å². The third-order valence-corrected chi connectivity index (χ3v) is 5.71. The second-order valence-electron chi connectivity index (χ2n) is 7.53. The molecule has 0 aromatic heterocycles. The van der Waals surface area contributed by atoms with Gasteiger partial charge in [-0.15, -0.1) is 0 Å². The van der Waals surface area contributed by atoms with Crippen LogP contribution in [0.4, 0.5) is 4.79 Å². The van der Waals surface area contributed by atoms with Gasteiger partial charge in [0.05, 0.1) is 25.9 Å². The first kappa shape index (κ1) is 20.3. The highest BCUT2D eigenvalue weighted by Gasteiger charge is 2.51. The van der Waals surface area contributed by atoms with E-state index in [-0.39, 0.29) is 29.6 Å². The second kappa shape index (κ2) is 8.26. The number of carbonyl (C=O) groups excluding carboxylic acids is 2. The van der Waals surface area contributed by atoms with Crippen molar-refractivity contribution in [3.8, 4) is 11.5 Å². The summed E-state index contributed by atoms with van der Waals surface area (Å²) in [5.41, 5.74) is 0.321. The lowest BCUT2D eigenvalue weighted by atomic mass is 10.0. The SMILES string of the molecule is COc1ccc(C(=O)N2CCC(NC(=O)N[C@@H]3C[C@]3(C)OC)CC2)cc1OC. The molecule has 1 aliphatic heterocycles. The zero-order valence-corrected chi connectivity index (χ0v) is 16.9. The van der Waals surface area contributed by atoms with Crippen LogP contribution < -0.4 is 20.1 Å². The highest BCUT2D eigenvalue weighted by Crippen LogP contribution is 2.38. The maximum Gasteiger partial charge on any atom is 0.315 e. The average Bonchev–Trinajstić information content (AvgIpc) is 3.36. The molecular weight excluding hydrogens is 362 g/mol. The standard InChI is InChI=1S/C20H29N3O5/c1-20(28-4)12-17(20)22-19(25)21-14-7-9-23(10-8-14)18(24)13-5-6-15(26-2)16(11-13)27-3/h5-6,11,14,17H,7-10,12H2,1-4H3,(H2,21,22,25)/t17-,20+/m1/s1. The van der Waals surface area contributed by atoms with Crippen LogP contribution in [0.3, 0.4) is 0 Å². The van der Waals surface area contributed by atoms with E-state index < -0.39 is 0 Å². The Balaban J connectivity index is 1.48. The van der Waals surface area contributed by atoms with Crippen LogP contribution in [0.2, 0.25) is 0 Å². The van der Waals surface area contributed by atoms with Gasteiger partial charge in [0.2, 0.25) is 0 Å². The average molecular weight is 391 g/mol. The molecule has 1 aliphatic carbocycles. The van der Waals surface area contributed by atoms with Crippen LogP contribution in [0.5, 0.6) is 11.5 Å². The molecule has 2 N–H and O–H groups in total. The van der Waals surface area contributed by atoms with Crippen LogP contribution in [0.25, 0.3) is 0 Å². The van der Waals surface area contributed by atoms with Gasteiger partial charge in [-0.25, -0.2) is 4.79 Å². The molecule has 3 rings (SSSR count). The number of piperidine rings is 1. The fraction of sp³-hybridized carbons (Fsp3) is 0.600. The lowest BCUT2D eigenvalue weighted by molar-refractivity contribution is 0.0706. The van der Waals surface area contributed by atoms with Gasteiger partial charge in [0.25, 0.3) is 5.91 Å². The van der Waals surface area contributed by atoms with Crippen molar-refractivity contribution in [2.24, 2.45) is 0 Å². The molecule has 1 saturated carbocycles. The molecule has 0 unspecified atom stereocenters. The Hall–Kier alpha value is -2.48. The summed E-state index contributed by atoms with van der Waals surface area (Å²) >= 11 is 0. The van der Waals surface area contributed by atoms with Crippen molar-refractivity contribution >= 4 is 11.9 Å². The monoisotopic (exact) mass is 391 g/mol. The van der Waals surface area contributed by atoms with Gasteiger partial charge in [-0.2, -0.15) is 0 Å². The number of carbonyl (C=O) groups is 2. The Kier molecular flexibility index (Phi) is 5.98. The van der Waals surface area contributed by atoms with Gasteiger partial charge in [0.15, 0.2) is 11.5 Å². The highest BCUT2D eigenvalue weighted by atomic mass is 16.5. The molecule has 1 aromatic carbocycles. The number of nitrogens with one attached hydrogen (secondary N) is 2. The van der Waals surface area contributed by atoms with Crippen molar-refractivity contribution in [1.82, 2.24) is 15.5 Å². The van der Waals surface area contributed by atoms with Gasteiger partial charge in [-0.05, 0) is 38.0 Å². The Bertz CT molecular complexity index is 733. The van der Waals surface area contributed by atoms with Crippen LogP contribution in [-0.4, -0.2) is 68.9 Å². The zero-order valence-electron chi connectivity index (χ0n) is 16.9. The number of rotatable bonds is 6. The van der Waals surface area contributed by atoms with Crippen LogP contribution >= 0.6 is 0 Å². The summed E-state index contributed by atoms with van der Waals surface area (Å²) in [4.78, 5) is 26.7. The first-order chi connectivity index (χ1) is 13.4. The van der Waals surface area contributed by atoms with Crippen LogP contribution in [-0.2, 0) is 4.74 Å². The summed E-state index contributed by atoms with van der Waals surface area (Å²) in [6, 6.07) is 5.11. The van der Waals surface area contributed by atoms with Crippen molar-refractivity contribution in [2.45, 2.75) is 43.9 Å². The molecule has 8 heteroatoms. The Morgan fingerprint density at radius 1 is 1.07 bits per heavy atom. The van der Waals surface area contributed by atoms with E-state index in [1.807, 2.05) is 6.92 Å². The minimum absolute atomic E-state index is 0.0438. The number of nitrogens with zero attached hydrogens (tertiary/aromatic N) is 1. The molecule has 1 saturated heterocycles. The summed E-state index contributed by atoms with van der Waals surface area (Å²) < 4.78 is 15.9. The fourth-order valence-electron chi connectivity index (χ4n) is 3.54. The first-order valence-corrected chi connectivity index (χ1v) is 9.53. The van der Waals surface area contributed by atoms with E-state index in [9.17, 15) is 9.59 Å². The Morgan fingerprint density at radius 2 is 1.75 bits per heavy atom. The minimum Gasteiger partial charge on any atom is -0.493 e. The van der Waals surface area contributed by atoms with E-state index in [0.717, 1.165) is 19.3 Å². The molecule has 2 fully saturated rings. The Morgan fingerprint density at radius 3 is 2.32 bits per heavy atom. The lowest BCUT2D eigenvalue weighted by Gasteiger charge is -2.32. The number of urea groups is 1. The maximum atomic E-state index is 12.8. The van der Waals surface area contributed by atoms with E-state index >= 15 is 0 Å². The number of hydrogen-bond acceptors (Lipinski definition) is 5. The van der Waals surface area contributed by atoms with E-state index in [1.54, 1.807) is 44.4 Å². The zero-order chi connectivity index (χ0) is 20.3. The molecule has 0 bridgehead atoms. The van der Waals surface area contributed by atoms with Crippen molar-refractivity contribution in [3.63, 3.8) is 0 Å². The molecule has 2 atom stereocenters. The normalized spacial score (nSPS) is 24.4. The molecule has 1 heterocycles. The minimum atomic E-state index is -0.244. The molecule has 28 heavy (non-hydrogen) atoms. The molecule has 0 radical (unpaired) electrons. The molecule has 154 valence electrons. The summed E-state index contributed by atoms with van der Waals surface area (Å²) in [7, 11) is 4.77. The van der Waals surface area contributed by atoms with Crippen molar-refractivity contribution in [1.29, 1.82) is 0 Å². The number of hydrogen-bond donors (Lipinski definition) is 2. The van der Waals surface area contributed by atoms with E-state index in [0.29, 0.717) is 30.2 Å². The number of benzene rings is 1. The van der Waals surface area contributed by atoms with Gasteiger partial charge in [-0.1, -0.05) is 0 Å². The molecule has 2 aliphatic rings. The van der Waals surface area contributed by atoms with E-state index in [2.05, 4.69) is 10.6 Å². The highest BCUT2D eigenvalue weighted by molar-refractivity contribution is 5.95. The number of likely N-dealkylation sites (tertiary alicyclic amines) is 1. The molecule has 1 aromatic rings. The molecule has 3 amide bonds. The number of amides is 3. The van der Waals surface area contributed by atoms with Crippen molar-refractivity contribution in [2.75, 3.05) is 34.4 Å². The lowest BCUT2D eigenvalue weighted by Crippen LogP contribution is -2.50. The quantitative estimate of drug-likeness (QED) is 0.772. The van der Waals surface area contributed by atoms with E-state index in [4.69, 9.17) is 14.2 Å². The van der Waals surface area contributed by atoms with Gasteiger partial charge in [0.1, 0.15) is 0 Å². The van der Waals surface area contributed by atoms with Gasteiger partial charge < -0.3 is 29.7 Å². The predicted octanol–water partition coefficient (Wildman–Crippen LogP) is 1.78.